The standard InChI is InChI=1S/C12H20N2S/c1-3-12-14-11(8-15-12)7-13-10-5-4-9(2)6-10/h8-10,13H,3-7H2,1-2H3. The highest BCUT2D eigenvalue weighted by Gasteiger charge is 2.20. The van der Waals surface area contributed by atoms with Crippen LogP contribution in [0.5, 0.6) is 0 Å². The zero-order valence-corrected chi connectivity index (χ0v) is 10.4. The zero-order chi connectivity index (χ0) is 10.7. The summed E-state index contributed by atoms with van der Waals surface area (Å²) in [5.74, 6) is 0.907. The molecule has 84 valence electrons. The Bertz CT molecular complexity index is 308. The fourth-order valence-electron chi connectivity index (χ4n) is 2.23. The third kappa shape index (κ3) is 3.02. The summed E-state index contributed by atoms with van der Waals surface area (Å²) in [6.45, 7) is 5.46. The molecule has 2 nitrogen and oxygen atoms in total. The van der Waals surface area contributed by atoms with Crippen LogP contribution in [-0.4, -0.2) is 11.0 Å². The molecule has 0 aromatic carbocycles. The van der Waals surface area contributed by atoms with Crippen LogP contribution in [0.25, 0.3) is 0 Å². The molecule has 1 aromatic heterocycles. The number of aryl methyl sites for hydroxylation is 1. The van der Waals surface area contributed by atoms with Crippen LogP contribution in [-0.2, 0) is 13.0 Å². The van der Waals surface area contributed by atoms with Crippen molar-refractivity contribution >= 4 is 11.3 Å². The van der Waals surface area contributed by atoms with E-state index in [2.05, 4.69) is 29.5 Å². The Balaban J connectivity index is 1.77. The van der Waals surface area contributed by atoms with Crippen LogP contribution < -0.4 is 5.32 Å². The van der Waals surface area contributed by atoms with Gasteiger partial charge in [-0.2, -0.15) is 0 Å². The number of rotatable bonds is 4. The molecule has 3 heteroatoms. The first kappa shape index (κ1) is 11.1. The van der Waals surface area contributed by atoms with Gasteiger partial charge in [0.25, 0.3) is 0 Å². The lowest BCUT2D eigenvalue weighted by molar-refractivity contribution is 0.499. The van der Waals surface area contributed by atoms with E-state index in [4.69, 9.17) is 0 Å². The maximum Gasteiger partial charge on any atom is 0.0926 e. The fraction of sp³-hybridized carbons (Fsp3) is 0.750. The number of hydrogen-bond acceptors (Lipinski definition) is 3. The van der Waals surface area contributed by atoms with Gasteiger partial charge in [0.1, 0.15) is 0 Å². The van der Waals surface area contributed by atoms with E-state index in [-0.39, 0.29) is 0 Å². The third-order valence-corrected chi connectivity index (χ3v) is 4.21. The summed E-state index contributed by atoms with van der Waals surface area (Å²) in [6, 6.07) is 0.728. The second kappa shape index (κ2) is 5.08. The molecule has 2 unspecified atom stereocenters. The minimum atomic E-state index is 0.728. The molecule has 1 aliphatic carbocycles. The van der Waals surface area contributed by atoms with Crippen LogP contribution in [0.15, 0.2) is 5.38 Å². The third-order valence-electron chi connectivity index (χ3n) is 3.17. The molecule has 0 bridgehead atoms. The largest absolute Gasteiger partial charge is 0.308 e. The Morgan fingerprint density at radius 2 is 2.40 bits per heavy atom. The van der Waals surface area contributed by atoms with Gasteiger partial charge in [0, 0.05) is 18.0 Å². The van der Waals surface area contributed by atoms with Crippen molar-refractivity contribution in [2.75, 3.05) is 0 Å². The van der Waals surface area contributed by atoms with Crippen molar-refractivity contribution in [2.24, 2.45) is 5.92 Å². The highest BCUT2D eigenvalue weighted by atomic mass is 32.1. The molecule has 0 aliphatic heterocycles. The number of hydrogen-bond donors (Lipinski definition) is 1. The highest BCUT2D eigenvalue weighted by Crippen LogP contribution is 2.24. The van der Waals surface area contributed by atoms with Gasteiger partial charge >= 0.3 is 0 Å². The minimum absolute atomic E-state index is 0.728. The summed E-state index contributed by atoms with van der Waals surface area (Å²) in [5, 5.41) is 7.05. The van der Waals surface area contributed by atoms with E-state index in [1.807, 2.05) is 0 Å². The van der Waals surface area contributed by atoms with Crippen LogP contribution in [0.3, 0.4) is 0 Å². The van der Waals surface area contributed by atoms with Gasteiger partial charge in [-0.25, -0.2) is 4.98 Å². The first-order chi connectivity index (χ1) is 7.28. The fourth-order valence-corrected chi connectivity index (χ4v) is 2.98. The second-order valence-electron chi connectivity index (χ2n) is 4.58. The molecule has 1 aromatic rings. The Morgan fingerprint density at radius 1 is 1.53 bits per heavy atom. The van der Waals surface area contributed by atoms with Crippen LogP contribution in [0.2, 0.25) is 0 Å². The molecular formula is C12H20N2S. The topological polar surface area (TPSA) is 24.9 Å². The number of thiazole rings is 1. The van der Waals surface area contributed by atoms with Crippen LogP contribution in [0.1, 0.15) is 43.8 Å². The van der Waals surface area contributed by atoms with Crippen molar-refractivity contribution in [3.8, 4) is 0 Å². The molecule has 1 heterocycles. The van der Waals surface area contributed by atoms with Crippen molar-refractivity contribution in [1.29, 1.82) is 0 Å². The molecule has 2 rings (SSSR count). The Labute approximate surface area is 96.1 Å². The molecule has 1 N–H and O–H groups in total. The quantitative estimate of drug-likeness (QED) is 0.850. The Kier molecular flexibility index (Phi) is 3.76. The Hall–Kier alpha value is -0.410. The van der Waals surface area contributed by atoms with E-state index in [0.717, 1.165) is 24.9 Å². The minimum Gasteiger partial charge on any atom is -0.308 e. The van der Waals surface area contributed by atoms with E-state index in [0.29, 0.717) is 0 Å². The summed E-state index contributed by atoms with van der Waals surface area (Å²) < 4.78 is 0. The van der Waals surface area contributed by atoms with Gasteiger partial charge in [0.15, 0.2) is 0 Å². The second-order valence-corrected chi connectivity index (χ2v) is 5.52. The van der Waals surface area contributed by atoms with Crippen molar-refractivity contribution in [3.63, 3.8) is 0 Å². The monoisotopic (exact) mass is 224 g/mol. The van der Waals surface area contributed by atoms with Crippen molar-refractivity contribution in [3.05, 3.63) is 16.1 Å². The molecule has 1 fully saturated rings. The predicted molar refractivity (Wildman–Crippen MR) is 65.1 cm³/mol. The van der Waals surface area contributed by atoms with Gasteiger partial charge in [0.2, 0.25) is 0 Å². The summed E-state index contributed by atoms with van der Waals surface area (Å²) in [7, 11) is 0. The lowest BCUT2D eigenvalue weighted by Gasteiger charge is -2.10. The first-order valence-electron chi connectivity index (χ1n) is 5.94. The maximum atomic E-state index is 4.56. The smallest absolute Gasteiger partial charge is 0.0926 e. The lowest BCUT2D eigenvalue weighted by Crippen LogP contribution is -2.25. The first-order valence-corrected chi connectivity index (χ1v) is 6.82. The molecule has 0 spiro atoms. The molecule has 0 radical (unpaired) electrons. The van der Waals surface area contributed by atoms with Gasteiger partial charge in [-0.15, -0.1) is 11.3 Å². The van der Waals surface area contributed by atoms with Gasteiger partial charge in [-0.05, 0) is 31.6 Å². The molecular weight excluding hydrogens is 204 g/mol. The number of nitrogens with zero attached hydrogens (tertiary/aromatic N) is 1. The molecule has 1 saturated carbocycles. The van der Waals surface area contributed by atoms with Gasteiger partial charge in [-0.3, -0.25) is 0 Å². The van der Waals surface area contributed by atoms with Crippen molar-refractivity contribution < 1.29 is 0 Å². The molecule has 2 atom stereocenters. The van der Waals surface area contributed by atoms with Crippen molar-refractivity contribution in [1.82, 2.24) is 10.3 Å². The van der Waals surface area contributed by atoms with Crippen LogP contribution >= 0.6 is 11.3 Å². The summed E-state index contributed by atoms with van der Waals surface area (Å²) in [6.07, 6.45) is 5.12. The maximum absolute atomic E-state index is 4.56. The molecule has 0 amide bonds. The van der Waals surface area contributed by atoms with Crippen LogP contribution in [0, 0.1) is 5.92 Å². The molecule has 1 aliphatic rings. The van der Waals surface area contributed by atoms with E-state index in [9.17, 15) is 0 Å². The summed E-state index contributed by atoms with van der Waals surface area (Å²) in [4.78, 5) is 4.56. The molecule has 15 heavy (non-hydrogen) atoms. The normalized spacial score (nSPS) is 26.0. The van der Waals surface area contributed by atoms with Gasteiger partial charge in [0.05, 0.1) is 10.7 Å². The van der Waals surface area contributed by atoms with Gasteiger partial charge in [-0.1, -0.05) is 13.8 Å². The lowest BCUT2D eigenvalue weighted by atomic mass is 10.1. The Morgan fingerprint density at radius 3 is 3.00 bits per heavy atom. The predicted octanol–water partition coefficient (Wildman–Crippen LogP) is 2.98. The zero-order valence-electron chi connectivity index (χ0n) is 9.62. The average Bonchev–Trinajstić information content (AvgIpc) is 2.83. The van der Waals surface area contributed by atoms with Crippen LogP contribution in [0.4, 0.5) is 0 Å². The average molecular weight is 224 g/mol. The summed E-state index contributed by atoms with van der Waals surface area (Å²) >= 11 is 1.78. The van der Waals surface area contributed by atoms with E-state index in [1.165, 1.54) is 30.0 Å². The SMILES string of the molecule is CCc1nc(CNC2CCC(C)C2)cs1. The van der Waals surface area contributed by atoms with E-state index >= 15 is 0 Å². The van der Waals surface area contributed by atoms with Gasteiger partial charge < -0.3 is 5.32 Å². The number of aromatic nitrogens is 1. The number of nitrogens with one attached hydrogen (secondary N) is 1. The van der Waals surface area contributed by atoms with E-state index in [1.54, 1.807) is 11.3 Å². The van der Waals surface area contributed by atoms with Crippen molar-refractivity contribution in [2.45, 2.75) is 52.1 Å². The van der Waals surface area contributed by atoms with E-state index < -0.39 is 0 Å². The molecule has 0 saturated heterocycles. The summed E-state index contributed by atoms with van der Waals surface area (Å²) in [5.41, 5.74) is 1.22. The highest BCUT2D eigenvalue weighted by molar-refractivity contribution is 7.09.